The van der Waals surface area contributed by atoms with Gasteiger partial charge in [-0.2, -0.15) is 0 Å². The molecule has 2 amide bonds. The van der Waals surface area contributed by atoms with E-state index >= 15 is 0 Å². The van der Waals surface area contributed by atoms with E-state index in [1.54, 1.807) is 18.2 Å². The first-order valence-corrected chi connectivity index (χ1v) is 12.2. The van der Waals surface area contributed by atoms with Gasteiger partial charge in [0.1, 0.15) is 18.9 Å². The molecule has 3 N–H and O–H groups in total. The molecule has 0 saturated heterocycles. The van der Waals surface area contributed by atoms with Gasteiger partial charge in [-0.1, -0.05) is 28.4 Å². The number of allylic oxidation sites excluding steroid dienone is 3. The third-order valence-electron chi connectivity index (χ3n) is 5.79. The fourth-order valence-corrected chi connectivity index (χ4v) is 4.52. The lowest BCUT2D eigenvalue weighted by atomic mass is 9.98. The predicted molar refractivity (Wildman–Crippen MR) is 142 cm³/mol. The summed E-state index contributed by atoms with van der Waals surface area (Å²) in [5.41, 5.74) is 8.22. The number of halogens is 2. The van der Waals surface area contributed by atoms with Crippen molar-refractivity contribution in [1.82, 2.24) is 10.2 Å². The van der Waals surface area contributed by atoms with Gasteiger partial charge in [-0.3, -0.25) is 9.59 Å². The number of carbonyl (C=O) groups excluding carboxylic acids is 3. The molecule has 0 fully saturated rings. The van der Waals surface area contributed by atoms with Crippen LogP contribution in [0.3, 0.4) is 0 Å². The molecular weight excluding hydrogens is 505 g/mol. The van der Waals surface area contributed by atoms with Crippen LogP contribution >= 0.6 is 23.2 Å². The number of amides is 2. The van der Waals surface area contributed by atoms with E-state index in [-0.39, 0.29) is 49.0 Å². The topological polar surface area (TPSA) is 126 Å². The Hall–Kier alpha value is -3.01. The van der Waals surface area contributed by atoms with E-state index < -0.39 is 6.04 Å². The fraction of sp³-hybridized carbons (Fsp3) is 0.400. The summed E-state index contributed by atoms with van der Waals surface area (Å²) in [5.74, 6) is -0.280. The summed E-state index contributed by atoms with van der Waals surface area (Å²) in [6, 6.07) is 4.61. The number of nitrogens with one attached hydrogen (secondary N) is 1. The van der Waals surface area contributed by atoms with Crippen molar-refractivity contribution < 1.29 is 19.2 Å². The van der Waals surface area contributed by atoms with Crippen LogP contribution in [0.15, 0.2) is 50.6 Å². The van der Waals surface area contributed by atoms with Crippen molar-refractivity contribution in [3.05, 3.63) is 57.1 Å². The van der Waals surface area contributed by atoms with Gasteiger partial charge in [0.25, 0.3) is 5.91 Å². The van der Waals surface area contributed by atoms with Gasteiger partial charge in [-0.15, -0.1) is 11.6 Å². The lowest BCUT2D eigenvalue weighted by Gasteiger charge is -2.25. The Morgan fingerprint density at radius 3 is 2.78 bits per heavy atom. The molecule has 3 rings (SSSR count). The highest BCUT2D eigenvalue weighted by Crippen LogP contribution is 2.31. The van der Waals surface area contributed by atoms with Gasteiger partial charge in [0.2, 0.25) is 5.91 Å². The summed E-state index contributed by atoms with van der Waals surface area (Å²) in [7, 11) is 3.01. The van der Waals surface area contributed by atoms with Gasteiger partial charge in [0.05, 0.1) is 5.38 Å². The second kappa shape index (κ2) is 13.9. The molecule has 0 spiro atoms. The van der Waals surface area contributed by atoms with Crippen molar-refractivity contribution in [1.29, 1.82) is 0 Å². The number of alkyl halides is 1. The molecule has 1 aromatic rings. The van der Waals surface area contributed by atoms with Crippen LogP contribution in [0.1, 0.15) is 47.7 Å². The third kappa shape index (κ3) is 6.81. The van der Waals surface area contributed by atoms with Gasteiger partial charge >= 0.3 is 0 Å². The van der Waals surface area contributed by atoms with Crippen molar-refractivity contribution in [3.63, 3.8) is 0 Å². The Bertz CT molecular complexity index is 1100. The molecule has 11 heteroatoms. The van der Waals surface area contributed by atoms with E-state index in [2.05, 4.69) is 27.9 Å². The fourth-order valence-electron chi connectivity index (χ4n) is 3.93. The first-order chi connectivity index (χ1) is 17.3. The number of rotatable bonds is 9. The lowest BCUT2D eigenvalue weighted by molar-refractivity contribution is -0.125. The smallest absolute Gasteiger partial charge is 0.255 e. The van der Waals surface area contributed by atoms with E-state index in [0.29, 0.717) is 22.6 Å². The minimum absolute atomic E-state index is 0.132. The molecule has 0 bridgehead atoms. The number of fused-ring (bicyclic) bond motifs is 1. The molecule has 194 valence electrons. The molecule has 36 heavy (non-hydrogen) atoms. The third-order valence-corrected chi connectivity index (χ3v) is 6.61. The molecular formula is C25H31Cl2N5O4. The van der Waals surface area contributed by atoms with E-state index in [0.717, 1.165) is 23.0 Å². The molecule has 9 nitrogen and oxygen atoms in total. The molecule has 2 atom stereocenters. The molecule has 2 unspecified atom stereocenters. The molecule has 1 aliphatic carbocycles. The SMILES string of the molecule is C=N/C(=N\OCc1ccc2c(c1)CN(C(CCC=O)C(=O)NC)C2=O)C1=CC(Cl)=C(C)CC1Cl.CN. The van der Waals surface area contributed by atoms with Crippen LogP contribution in [0.5, 0.6) is 0 Å². The van der Waals surface area contributed by atoms with Crippen molar-refractivity contribution in [2.45, 2.75) is 50.8 Å². The van der Waals surface area contributed by atoms with Gasteiger partial charge in [0, 0.05) is 36.2 Å². The Kier molecular flexibility index (Phi) is 11.3. The van der Waals surface area contributed by atoms with Crippen LogP contribution in [0.4, 0.5) is 0 Å². The first-order valence-electron chi connectivity index (χ1n) is 11.3. The largest absolute Gasteiger partial charge is 0.389 e. The molecule has 1 heterocycles. The first kappa shape index (κ1) is 29.2. The summed E-state index contributed by atoms with van der Waals surface area (Å²) in [5, 5.41) is 6.91. The van der Waals surface area contributed by atoms with Crippen LogP contribution in [0.2, 0.25) is 0 Å². The Morgan fingerprint density at radius 1 is 1.42 bits per heavy atom. The Labute approximate surface area is 221 Å². The number of amidine groups is 1. The molecule has 0 saturated carbocycles. The number of nitrogens with two attached hydrogens (primary N) is 1. The number of oxime groups is 1. The summed E-state index contributed by atoms with van der Waals surface area (Å²) < 4.78 is 0. The maximum absolute atomic E-state index is 12.9. The van der Waals surface area contributed by atoms with Crippen molar-refractivity contribution in [3.8, 4) is 0 Å². The minimum Gasteiger partial charge on any atom is -0.389 e. The van der Waals surface area contributed by atoms with Crippen molar-refractivity contribution >= 4 is 53.9 Å². The second-order valence-electron chi connectivity index (χ2n) is 8.04. The van der Waals surface area contributed by atoms with E-state index in [9.17, 15) is 14.4 Å². The highest BCUT2D eigenvalue weighted by molar-refractivity contribution is 6.33. The maximum atomic E-state index is 12.9. The number of likely N-dealkylation sites (N-methyl/N-ethyl adjacent to an activating group) is 1. The molecule has 2 aliphatic rings. The van der Waals surface area contributed by atoms with Gasteiger partial charge in [-0.05, 0) is 62.9 Å². The average Bonchev–Trinajstić information content (AvgIpc) is 3.21. The van der Waals surface area contributed by atoms with Gasteiger partial charge in [-0.25, -0.2) is 4.99 Å². The average molecular weight is 536 g/mol. The molecule has 0 aromatic heterocycles. The van der Waals surface area contributed by atoms with Crippen LogP contribution < -0.4 is 11.1 Å². The minimum atomic E-state index is -0.711. The Morgan fingerprint density at radius 2 is 2.14 bits per heavy atom. The summed E-state index contributed by atoms with van der Waals surface area (Å²) >= 11 is 12.7. The molecule has 1 aromatic carbocycles. The number of hydrogen-bond donors (Lipinski definition) is 2. The number of nitrogens with zero attached hydrogens (tertiary/aromatic N) is 3. The van der Waals surface area contributed by atoms with Crippen LogP contribution in [0, 0.1) is 0 Å². The zero-order valence-corrected chi connectivity index (χ0v) is 22.1. The van der Waals surface area contributed by atoms with E-state index in [4.69, 9.17) is 28.0 Å². The molecule has 1 aliphatic heterocycles. The number of aldehydes is 1. The summed E-state index contributed by atoms with van der Waals surface area (Å²) in [6.45, 7) is 5.86. The molecule has 0 radical (unpaired) electrons. The highest BCUT2D eigenvalue weighted by atomic mass is 35.5. The predicted octanol–water partition coefficient (Wildman–Crippen LogP) is 3.29. The zero-order valence-electron chi connectivity index (χ0n) is 20.6. The summed E-state index contributed by atoms with van der Waals surface area (Å²) in [4.78, 5) is 46.9. The van der Waals surface area contributed by atoms with Gasteiger partial charge in [0.15, 0.2) is 5.84 Å². The van der Waals surface area contributed by atoms with Crippen LogP contribution in [-0.4, -0.2) is 61.1 Å². The monoisotopic (exact) mass is 535 g/mol. The highest BCUT2D eigenvalue weighted by Gasteiger charge is 2.35. The maximum Gasteiger partial charge on any atom is 0.255 e. The van der Waals surface area contributed by atoms with Crippen molar-refractivity contribution in [2.24, 2.45) is 15.9 Å². The van der Waals surface area contributed by atoms with Crippen LogP contribution in [0.25, 0.3) is 0 Å². The Balaban J connectivity index is 0.00000222. The summed E-state index contributed by atoms with van der Waals surface area (Å²) in [6.07, 6.45) is 3.50. The van der Waals surface area contributed by atoms with E-state index in [1.165, 1.54) is 19.0 Å². The zero-order chi connectivity index (χ0) is 26.8. The number of hydrogen-bond acceptors (Lipinski definition) is 6. The van der Waals surface area contributed by atoms with E-state index in [1.807, 2.05) is 13.0 Å². The quantitative estimate of drug-likeness (QED) is 0.165. The number of aliphatic imine (C=N–C) groups is 1. The number of carbonyl (C=O) groups is 3. The normalized spacial score (nSPS) is 18.0. The second-order valence-corrected chi connectivity index (χ2v) is 8.98. The van der Waals surface area contributed by atoms with Gasteiger partial charge < -0.3 is 25.6 Å². The number of benzene rings is 1. The van der Waals surface area contributed by atoms with Crippen molar-refractivity contribution in [2.75, 3.05) is 14.1 Å². The standard InChI is InChI=1S/C24H26Cl2N4O4.CH5N/c1-14-9-20(26)18(11-19(14)25)22(27-2)29-34-13-15-6-7-17-16(10-15)12-30(24(17)33)21(5-4-8-31)23(32)28-3;1-2/h6-8,10-11,20-21H,2,4-5,9,12-13H2,1,3H3,(H,28,32);2H2,1H3/b29-22-;. The lowest BCUT2D eigenvalue weighted by Crippen LogP contribution is -2.46. The van der Waals surface area contributed by atoms with Crippen LogP contribution in [-0.2, 0) is 27.6 Å².